The van der Waals surface area contributed by atoms with E-state index in [9.17, 15) is 14.3 Å². The van der Waals surface area contributed by atoms with E-state index in [1.807, 2.05) is 42.3 Å². The third-order valence-corrected chi connectivity index (χ3v) is 7.21. The summed E-state index contributed by atoms with van der Waals surface area (Å²) in [6.07, 6.45) is 4.40. The molecule has 2 aromatic carbocycles. The first-order valence-corrected chi connectivity index (χ1v) is 12.9. The van der Waals surface area contributed by atoms with Crippen molar-refractivity contribution in [2.24, 2.45) is 11.8 Å². The van der Waals surface area contributed by atoms with E-state index in [0.717, 1.165) is 55.5 Å². The average Bonchev–Trinajstić information content (AvgIpc) is 2.86. The van der Waals surface area contributed by atoms with Gasteiger partial charge in [-0.05, 0) is 80.4 Å². The maximum atomic E-state index is 14.1. The molecule has 0 bridgehead atoms. The third-order valence-electron chi connectivity index (χ3n) is 7.21. The van der Waals surface area contributed by atoms with Gasteiger partial charge in [-0.3, -0.25) is 4.79 Å². The lowest BCUT2D eigenvalue weighted by Gasteiger charge is -2.44. The van der Waals surface area contributed by atoms with E-state index >= 15 is 0 Å². The lowest BCUT2D eigenvalue weighted by Crippen LogP contribution is -2.48. The second-order valence-electron chi connectivity index (χ2n) is 9.98. The van der Waals surface area contributed by atoms with Gasteiger partial charge in [-0.25, -0.2) is 4.39 Å². The molecule has 3 atom stereocenters. The van der Waals surface area contributed by atoms with Crippen molar-refractivity contribution in [1.82, 2.24) is 10.2 Å². The van der Waals surface area contributed by atoms with Gasteiger partial charge in [-0.1, -0.05) is 43.3 Å². The number of carbonyl (C=O) groups excluding carboxylic acids is 1. The Morgan fingerprint density at radius 3 is 2.80 bits per heavy atom. The Balaban J connectivity index is 1.92. The van der Waals surface area contributed by atoms with E-state index in [-0.39, 0.29) is 23.6 Å². The molecule has 35 heavy (non-hydrogen) atoms. The number of nitrogens with zero attached hydrogens (tertiary/aromatic N) is 1. The summed E-state index contributed by atoms with van der Waals surface area (Å²) in [5.41, 5.74) is 1.27. The minimum Gasteiger partial charge on any atom is -0.385 e. The molecule has 1 heterocycles. The summed E-state index contributed by atoms with van der Waals surface area (Å²) in [5, 5.41) is 15.5. The second-order valence-corrected chi connectivity index (χ2v) is 9.98. The number of hydrogen-bond donors (Lipinski definition) is 2. The van der Waals surface area contributed by atoms with Gasteiger partial charge >= 0.3 is 0 Å². The number of carbonyl (C=O) groups is 1. The van der Waals surface area contributed by atoms with Gasteiger partial charge in [0.05, 0.1) is 5.60 Å². The van der Waals surface area contributed by atoms with Crippen LogP contribution in [-0.4, -0.2) is 56.3 Å². The van der Waals surface area contributed by atoms with Gasteiger partial charge in [-0.15, -0.1) is 0 Å². The van der Waals surface area contributed by atoms with Crippen LogP contribution in [0.3, 0.4) is 0 Å². The van der Waals surface area contributed by atoms with Crippen molar-refractivity contribution in [3.8, 4) is 11.1 Å². The van der Waals surface area contributed by atoms with Gasteiger partial charge in [0.15, 0.2) is 0 Å². The summed E-state index contributed by atoms with van der Waals surface area (Å²) in [7, 11) is 3.59. The number of nitrogens with one attached hydrogen (secondary N) is 1. The number of rotatable bonds is 12. The Morgan fingerprint density at radius 1 is 1.26 bits per heavy atom. The molecular weight excluding hydrogens is 443 g/mol. The van der Waals surface area contributed by atoms with Crippen LogP contribution in [0.4, 0.5) is 4.39 Å². The molecule has 0 radical (unpaired) electrons. The van der Waals surface area contributed by atoms with E-state index in [1.165, 1.54) is 12.1 Å². The van der Waals surface area contributed by atoms with Gasteiger partial charge < -0.3 is 20.1 Å². The van der Waals surface area contributed by atoms with Crippen molar-refractivity contribution in [2.75, 3.05) is 40.4 Å². The van der Waals surface area contributed by atoms with Crippen LogP contribution in [0, 0.1) is 17.7 Å². The first kappa shape index (κ1) is 27.3. The number of ether oxygens (including phenoxy) is 1. The van der Waals surface area contributed by atoms with Crippen molar-refractivity contribution in [3.63, 3.8) is 0 Å². The van der Waals surface area contributed by atoms with Gasteiger partial charge in [0, 0.05) is 39.1 Å². The van der Waals surface area contributed by atoms with Gasteiger partial charge in [0.2, 0.25) is 5.91 Å². The molecule has 0 saturated carbocycles. The van der Waals surface area contributed by atoms with Crippen molar-refractivity contribution in [1.29, 1.82) is 0 Å². The predicted molar refractivity (Wildman–Crippen MR) is 138 cm³/mol. The van der Waals surface area contributed by atoms with E-state index in [0.29, 0.717) is 26.0 Å². The van der Waals surface area contributed by atoms with Crippen LogP contribution in [-0.2, 0) is 15.1 Å². The Hall–Kier alpha value is -2.28. The van der Waals surface area contributed by atoms with Crippen LogP contribution in [0.5, 0.6) is 0 Å². The number of piperidine rings is 1. The number of amides is 1. The van der Waals surface area contributed by atoms with Crippen LogP contribution >= 0.6 is 0 Å². The van der Waals surface area contributed by atoms with Crippen molar-refractivity contribution < 1.29 is 19.0 Å². The summed E-state index contributed by atoms with van der Waals surface area (Å²) in [6.45, 7) is 4.78. The molecule has 1 aliphatic rings. The molecule has 3 rings (SSSR count). The number of hydrogen-bond acceptors (Lipinski definition) is 4. The molecule has 0 aromatic heterocycles. The Kier molecular flexibility index (Phi) is 10.3. The van der Waals surface area contributed by atoms with E-state index in [2.05, 4.69) is 12.2 Å². The molecule has 2 N–H and O–H groups in total. The minimum absolute atomic E-state index is 0.0999. The molecule has 0 spiro atoms. The molecule has 1 aliphatic heterocycles. The van der Waals surface area contributed by atoms with Crippen molar-refractivity contribution >= 4 is 5.91 Å². The lowest BCUT2D eigenvalue weighted by molar-refractivity contribution is -0.137. The molecule has 2 aromatic rings. The zero-order valence-electron chi connectivity index (χ0n) is 21.4. The molecule has 6 heteroatoms. The largest absolute Gasteiger partial charge is 0.385 e. The third kappa shape index (κ3) is 7.12. The number of aliphatic hydroxyl groups is 1. The highest BCUT2D eigenvalue weighted by Gasteiger charge is 2.42. The highest BCUT2D eigenvalue weighted by Crippen LogP contribution is 2.43. The van der Waals surface area contributed by atoms with Crippen LogP contribution < -0.4 is 5.32 Å². The number of unbranched alkanes of at least 4 members (excludes halogenated alkanes) is 1. The first-order valence-electron chi connectivity index (χ1n) is 12.9. The van der Waals surface area contributed by atoms with Crippen molar-refractivity contribution in [2.45, 2.75) is 51.0 Å². The van der Waals surface area contributed by atoms with Gasteiger partial charge in [0.25, 0.3) is 0 Å². The Morgan fingerprint density at radius 2 is 2.06 bits per heavy atom. The fourth-order valence-corrected chi connectivity index (χ4v) is 5.41. The summed E-state index contributed by atoms with van der Waals surface area (Å²) in [5.74, 6) is 0.00947. The number of halogens is 1. The Bertz CT molecular complexity index is 953. The summed E-state index contributed by atoms with van der Waals surface area (Å²) >= 11 is 0. The zero-order valence-corrected chi connectivity index (χ0v) is 21.4. The number of likely N-dealkylation sites (tertiary alicyclic amines) is 1. The van der Waals surface area contributed by atoms with Gasteiger partial charge in [0.1, 0.15) is 5.82 Å². The normalized spacial score (nSPS) is 18.8. The molecule has 1 saturated heterocycles. The number of methoxy groups -OCH3 is 1. The SMILES string of the molecule is CNC[C@H](C)CC(=O)N1CCC[C@@H]([C@@](O)(CCCCOC)c2ccccc2-c2cccc(F)c2)C1. The summed E-state index contributed by atoms with van der Waals surface area (Å²) in [4.78, 5) is 15.0. The maximum absolute atomic E-state index is 14.1. The summed E-state index contributed by atoms with van der Waals surface area (Å²) < 4.78 is 19.3. The molecular formula is C29H41FN2O3. The molecule has 0 unspecified atom stereocenters. The van der Waals surface area contributed by atoms with Crippen LogP contribution in [0.25, 0.3) is 11.1 Å². The zero-order chi connectivity index (χ0) is 25.3. The monoisotopic (exact) mass is 484 g/mol. The maximum Gasteiger partial charge on any atom is 0.222 e. The standard InChI is InChI=1S/C29H41FN2O3/c1-22(20-31-2)18-28(33)32-16-9-11-24(21-32)29(34,15-6-7-17-35-3)27-14-5-4-13-26(27)23-10-8-12-25(30)19-23/h4-5,8,10,12-14,19,22,24,31,34H,6-7,9,11,15-18,20-21H2,1-3H3/t22-,24-,29+/m1/s1. The van der Waals surface area contributed by atoms with Crippen LogP contribution in [0.1, 0.15) is 51.0 Å². The molecule has 1 amide bonds. The predicted octanol–water partition coefficient (Wildman–Crippen LogP) is 4.98. The number of benzene rings is 2. The first-order chi connectivity index (χ1) is 16.9. The fourth-order valence-electron chi connectivity index (χ4n) is 5.41. The van der Waals surface area contributed by atoms with E-state index in [4.69, 9.17) is 4.74 Å². The summed E-state index contributed by atoms with van der Waals surface area (Å²) in [6, 6.07) is 14.3. The second kappa shape index (κ2) is 13.1. The fraction of sp³-hybridized carbons (Fsp3) is 0.552. The Labute approximate surface area is 209 Å². The lowest BCUT2D eigenvalue weighted by atomic mass is 9.72. The molecule has 1 fully saturated rings. The quantitative estimate of drug-likeness (QED) is 0.417. The van der Waals surface area contributed by atoms with E-state index in [1.54, 1.807) is 13.2 Å². The molecule has 192 valence electrons. The van der Waals surface area contributed by atoms with Gasteiger partial charge in [-0.2, -0.15) is 0 Å². The van der Waals surface area contributed by atoms with Crippen molar-refractivity contribution in [3.05, 3.63) is 59.9 Å². The molecule has 5 nitrogen and oxygen atoms in total. The average molecular weight is 485 g/mol. The van der Waals surface area contributed by atoms with Crippen LogP contribution in [0.2, 0.25) is 0 Å². The topological polar surface area (TPSA) is 61.8 Å². The smallest absolute Gasteiger partial charge is 0.222 e. The highest BCUT2D eigenvalue weighted by molar-refractivity contribution is 5.76. The van der Waals surface area contributed by atoms with Crippen LogP contribution in [0.15, 0.2) is 48.5 Å². The highest BCUT2D eigenvalue weighted by atomic mass is 19.1. The minimum atomic E-state index is -1.13. The van der Waals surface area contributed by atoms with E-state index < -0.39 is 5.60 Å². The molecule has 0 aliphatic carbocycles.